The monoisotopic (exact) mass is 321 g/mol. The predicted octanol–water partition coefficient (Wildman–Crippen LogP) is 1.46. The molecule has 2 atom stereocenters. The largest absolute Gasteiger partial charge is 0.388 e. The van der Waals surface area contributed by atoms with Crippen molar-refractivity contribution < 1.29 is 14.3 Å². The normalized spacial score (nSPS) is 26.4. The van der Waals surface area contributed by atoms with Crippen LogP contribution in [-0.2, 0) is 4.79 Å². The molecule has 1 aliphatic heterocycles. The highest BCUT2D eigenvalue weighted by Gasteiger charge is 2.34. The predicted molar refractivity (Wildman–Crippen MR) is 85.0 cm³/mol. The topological polar surface area (TPSA) is 73.4 Å². The van der Waals surface area contributed by atoms with Gasteiger partial charge in [0.1, 0.15) is 11.9 Å². The lowest BCUT2D eigenvalue weighted by Crippen LogP contribution is -2.48. The molecule has 1 aliphatic carbocycles. The van der Waals surface area contributed by atoms with Crippen molar-refractivity contribution in [2.24, 2.45) is 0 Å². The van der Waals surface area contributed by atoms with Gasteiger partial charge in [0.15, 0.2) is 0 Å². The second kappa shape index (κ2) is 6.55. The van der Waals surface area contributed by atoms with Crippen molar-refractivity contribution in [3.8, 4) is 0 Å². The van der Waals surface area contributed by atoms with E-state index in [4.69, 9.17) is 0 Å². The molecule has 5 nitrogen and oxygen atoms in total. The second-order valence-corrected chi connectivity index (χ2v) is 6.79. The molecular formula is C17H24FN3O2. The van der Waals surface area contributed by atoms with Crippen LogP contribution in [0.15, 0.2) is 18.2 Å². The quantitative estimate of drug-likeness (QED) is 0.677. The summed E-state index contributed by atoms with van der Waals surface area (Å²) in [6, 6.07) is 4.62. The van der Waals surface area contributed by atoms with Gasteiger partial charge in [0.25, 0.3) is 0 Å². The third kappa shape index (κ3) is 3.71. The first kappa shape index (κ1) is 16.4. The van der Waals surface area contributed by atoms with Crippen LogP contribution in [-0.4, -0.2) is 29.2 Å². The van der Waals surface area contributed by atoms with Crippen molar-refractivity contribution in [3.05, 3.63) is 35.1 Å². The Morgan fingerprint density at radius 1 is 1.39 bits per heavy atom. The molecule has 6 heteroatoms. The van der Waals surface area contributed by atoms with Crippen LogP contribution in [0.3, 0.4) is 0 Å². The molecule has 0 spiro atoms. The minimum absolute atomic E-state index is 0.0281. The van der Waals surface area contributed by atoms with Gasteiger partial charge in [-0.05, 0) is 43.4 Å². The third-order valence-corrected chi connectivity index (χ3v) is 4.93. The summed E-state index contributed by atoms with van der Waals surface area (Å²) in [4.78, 5) is 12.3. The Labute approximate surface area is 135 Å². The molecule has 1 heterocycles. The van der Waals surface area contributed by atoms with Crippen molar-refractivity contribution in [1.82, 2.24) is 16.2 Å². The zero-order valence-corrected chi connectivity index (χ0v) is 13.4. The lowest BCUT2D eigenvalue weighted by Gasteiger charge is -2.23. The van der Waals surface area contributed by atoms with Gasteiger partial charge in [0.05, 0.1) is 5.60 Å². The fraction of sp³-hybridized carbons (Fsp3) is 0.588. The summed E-state index contributed by atoms with van der Waals surface area (Å²) >= 11 is 0. The lowest BCUT2D eigenvalue weighted by molar-refractivity contribution is -0.124. The summed E-state index contributed by atoms with van der Waals surface area (Å²) in [6.45, 7) is 2.04. The van der Waals surface area contributed by atoms with E-state index in [1.54, 1.807) is 19.1 Å². The lowest BCUT2D eigenvalue weighted by atomic mass is 9.99. The molecule has 2 unspecified atom stereocenters. The fourth-order valence-electron chi connectivity index (χ4n) is 3.42. The SMILES string of the molecule is Cc1cc(C2CC(C(=O)NCC3(O)CCCC3)NN2)ccc1F. The van der Waals surface area contributed by atoms with Gasteiger partial charge >= 0.3 is 0 Å². The van der Waals surface area contributed by atoms with Gasteiger partial charge in [-0.25, -0.2) is 15.2 Å². The number of halogens is 1. The second-order valence-electron chi connectivity index (χ2n) is 6.79. The van der Waals surface area contributed by atoms with Gasteiger partial charge in [-0.3, -0.25) is 4.79 Å². The van der Waals surface area contributed by atoms with Crippen LogP contribution < -0.4 is 16.2 Å². The molecular weight excluding hydrogens is 297 g/mol. The summed E-state index contributed by atoms with van der Waals surface area (Å²) in [5, 5.41) is 13.1. The number of hydrazine groups is 1. The summed E-state index contributed by atoms with van der Waals surface area (Å²) in [5.41, 5.74) is 6.90. The Bertz CT molecular complexity index is 587. The summed E-state index contributed by atoms with van der Waals surface area (Å²) in [6.07, 6.45) is 4.13. The molecule has 1 saturated carbocycles. The highest BCUT2D eigenvalue weighted by molar-refractivity contribution is 5.82. The number of carbonyl (C=O) groups excluding carboxylic acids is 1. The Hall–Kier alpha value is -1.50. The van der Waals surface area contributed by atoms with Gasteiger partial charge in [0, 0.05) is 12.6 Å². The highest BCUT2D eigenvalue weighted by Crippen LogP contribution is 2.29. The molecule has 0 aromatic heterocycles. The molecule has 1 amide bonds. The van der Waals surface area contributed by atoms with Gasteiger partial charge in [0.2, 0.25) is 5.91 Å². The van der Waals surface area contributed by atoms with E-state index in [0.717, 1.165) is 31.2 Å². The third-order valence-electron chi connectivity index (χ3n) is 4.93. The molecule has 0 bridgehead atoms. The Morgan fingerprint density at radius 2 is 2.13 bits per heavy atom. The van der Waals surface area contributed by atoms with Gasteiger partial charge in [-0.2, -0.15) is 0 Å². The number of amides is 1. The molecule has 126 valence electrons. The molecule has 0 radical (unpaired) electrons. The van der Waals surface area contributed by atoms with Gasteiger partial charge < -0.3 is 10.4 Å². The van der Waals surface area contributed by atoms with E-state index in [1.165, 1.54) is 6.07 Å². The molecule has 1 aromatic rings. The number of hydrogen-bond donors (Lipinski definition) is 4. The van der Waals surface area contributed by atoms with Crippen LogP contribution in [0.5, 0.6) is 0 Å². The minimum Gasteiger partial charge on any atom is -0.388 e. The smallest absolute Gasteiger partial charge is 0.238 e. The summed E-state index contributed by atoms with van der Waals surface area (Å²) in [5.74, 6) is -0.335. The average Bonchev–Trinajstić information content (AvgIpc) is 3.17. The van der Waals surface area contributed by atoms with Crippen molar-refractivity contribution in [1.29, 1.82) is 0 Å². The highest BCUT2D eigenvalue weighted by atomic mass is 19.1. The van der Waals surface area contributed by atoms with Crippen LogP contribution in [0.4, 0.5) is 4.39 Å². The van der Waals surface area contributed by atoms with Crippen molar-refractivity contribution in [2.45, 2.75) is 56.7 Å². The van der Waals surface area contributed by atoms with Gasteiger partial charge in [-0.15, -0.1) is 0 Å². The number of aliphatic hydroxyl groups is 1. The van der Waals surface area contributed by atoms with Gasteiger partial charge in [-0.1, -0.05) is 25.0 Å². The standard InChI is InChI=1S/C17H24FN3O2/c1-11-8-12(4-5-13(11)18)14-9-15(21-20-14)16(22)19-10-17(23)6-2-3-7-17/h4-5,8,14-15,20-21,23H,2-3,6-7,9-10H2,1H3,(H,19,22). The van der Waals surface area contributed by atoms with Crippen molar-refractivity contribution in [2.75, 3.05) is 6.54 Å². The van der Waals surface area contributed by atoms with Crippen LogP contribution >= 0.6 is 0 Å². The first-order valence-corrected chi connectivity index (χ1v) is 8.24. The molecule has 2 aliphatic rings. The maximum absolute atomic E-state index is 13.4. The van der Waals surface area contributed by atoms with E-state index < -0.39 is 5.60 Å². The van der Waals surface area contributed by atoms with Crippen molar-refractivity contribution in [3.63, 3.8) is 0 Å². The molecule has 2 fully saturated rings. The molecule has 4 N–H and O–H groups in total. The van der Waals surface area contributed by atoms with E-state index in [1.807, 2.05) is 0 Å². The Kier molecular flexibility index (Phi) is 4.66. The first-order valence-electron chi connectivity index (χ1n) is 8.24. The molecule has 23 heavy (non-hydrogen) atoms. The number of benzene rings is 1. The summed E-state index contributed by atoms with van der Waals surface area (Å²) < 4.78 is 13.4. The minimum atomic E-state index is -0.741. The number of hydrogen-bond acceptors (Lipinski definition) is 4. The molecule has 1 aromatic carbocycles. The maximum atomic E-state index is 13.4. The van der Waals surface area contributed by atoms with E-state index >= 15 is 0 Å². The number of nitrogens with one attached hydrogen (secondary N) is 3. The number of rotatable bonds is 4. The average molecular weight is 321 g/mol. The Morgan fingerprint density at radius 3 is 2.83 bits per heavy atom. The zero-order chi connectivity index (χ0) is 16.4. The van der Waals surface area contributed by atoms with E-state index in [9.17, 15) is 14.3 Å². The van der Waals surface area contributed by atoms with E-state index in [-0.39, 0.29) is 23.8 Å². The number of carbonyl (C=O) groups is 1. The first-order chi connectivity index (χ1) is 11.0. The molecule has 3 rings (SSSR count). The van der Waals surface area contributed by atoms with E-state index in [2.05, 4.69) is 16.2 Å². The number of aryl methyl sites for hydroxylation is 1. The van der Waals surface area contributed by atoms with E-state index in [0.29, 0.717) is 18.5 Å². The fourth-order valence-corrected chi connectivity index (χ4v) is 3.42. The van der Waals surface area contributed by atoms with Crippen LogP contribution in [0, 0.1) is 12.7 Å². The molecule has 1 saturated heterocycles. The van der Waals surface area contributed by atoms with Crippen molar-refractivity contribution >= 4 is 5.91 Å². The Balaban J connectivity index is 1.54. The maximum Gasteiger partial charge on any atom is 0.238 e. The van der Waals surface area contributed by atoms with Crippen LogP contribution in [0.25, 0.3) is 0 Å². The van der Waals surface area contributed by atoms with Crippen LogP contribution in [0.2, 0.25) is 0 Å². The summed E-state index contributed by atoms with van der Waals surface area (Å²) in [7, 11) is 0. The zero-order valence-electron chi connectivity index (χ0n) is 13.4. The van der Waals surface area contributed by atoms with Crippen LogP contribution in [0.1, 0.15) is 49.3 Å².